The Labute approximate surface area is 140 Å². The van der Waals surface area contributed by atoms with E-state index in [0.717, 1.165) is 27.3 Å². The fraction of sp³-hybridized carbons (Fsp3) is 0.143. The molecule has 9 nitrogen and oxygen atoms in total. The molecule has 1 aromatic carbocycles. The molecule has 0 aliphatic rings. The number of hydrogen-bond acceptors (Lipinski definition) is 7. The second-order valence-electron chi connectivity index (χ2n) is 4.88. The first kappa shape index (κ1) is 15.7. The van der Waals surface area contributed by atoms with Gasteiger partial charge in [-0.3, -0.25) is 4.79 Å². The number of nitro groups is 1. The normalized spacial score (nSPS) is 10.5. The van der Waals surface area contributed by atoms with Crippen LogP contribution in [0.4, 0.5) is 11.6 Å². The first-order valence-electron chi connectivity index (χ1n) is 6.87. The third kappa shape index (κ3) is 3.60. The monoisotopic (exact) mass is 344 g/mol. The topological polar surface area (TPSA) is 116 Å². The molecule has 0 saturated heterocycles. The Morgan fingerprint density at radius 2 is 2.29 bits per heavy atom. The van der Waals surface area contributed by atoms with Crippen molar-refractivity contribution in [3.8, 4) is 11.3 Å². The molecule has 3 rings (SSSR count). The van der Waals surface area contributed by atoms with Crippen molar-refractivity contribution in [2.75, 3.05) is 5.32 Å². The minimum atomic E-state index is -0.715. The molecule has 1 N–H and O–H groups in total. The minimum Gasteiger partial charge on any atom is -0.390 e. The van der Waals surface area contributed by atoms with Gasteiger partial charge in [-0.15, -0.1) is 11.3 Å². The van der Waals surface area contributed by atoms with Crippen LogP contribution in [-0.4, -0.2) is 30.6 Å². The van der Waals surface area contributed by atoms with E-state index < -0.39 is 10.9 Å². The molecule has 0 radical (unpaired) electrons. The number of carbonyl (C=O) groups is 1. The molecule has 3 aromatic rings. The van der Waals surface area contributed by atoms with E-state index in [2.05, 4.69) is 20.4 Å². The molecule has 0 aliphatic carbocycles. The van der Waals surface area contributed by atoms with Crippen LogP contribution < -0.4 is 5.32 Å². The summed E-state index contributed by atoms with van der Waals surface area (Å²) in [5.41, 5.74) is 2.35. The summed E-state index contributed by atoms with van der Waals surface area (Å²) in [4.78, 5) is 29.7. The average molecular weight is 344 g/mol. The summed E-state index contributed by atoms with van der Waals surface area (Å²) in [6.45, 7) is 1.76. The Morgan fingerprint density at radius 3 is 2.96 bits per heavy atom. The molecule has 0 saturated carbocycles. The summed E-state index contributed by atoms with van der Waals surface area (Å²) in [6, 6.07) is 7.30. The van der Waals surface area contributed by atoms with Crippen molar-refractivity contribution in [3.05, 3.63) is 51.1 Å². The number of carbonyl (C=O) groups excluding carboxylic acids is 1. The van der Waals surface area contributed by atoms with Crippen LogP contribution in [0.1, 0.15) is 5.01 Å². The number of benzene rings is 1. The van der Waals surface area contributed by atoms with Crippen LogP contribution in [0.5, 0.6) is 0 Å². The van der Waals surface area contributed by atoms with Crippen LogP contribution in [-0.2, 0) is 11.3 Å². The molecular formula is C14H12N6O3S. The number of aromatic nitrogens is 4. The van der Waals surface area contributed by atoms with E-state index in [1.54, 1.807) is 17.4 Å². The maximum absolute atomic E-state index is 12.0. The highest BCUT2D eigenvalue weighted by Crippen LogP contribution is 2.24. The Bertz CT molecular complexity index is 903. The number of anilines is 1. The largest absolute Gasteiger partial charge is 0.490 e. The summed E-state index contributed by atoms with van der Waals surface area (Å²) in [6.07, 6.45) is 1.15. The minimum absolute atomic E-state index is 0.166. The Hall–Kier alpha value is -3.14. The maximum atomic E-state index is 12.0. The quantitative estimate of drug-likeness (QED) is 0.560. The number of rotatable bonds is 5. The molecule has 122 valence electrons. The van der Waals surface area contributed by atoms with Gasteiger partial charge in [0.1, 0.15) is 6.54 Å². The van der Waals surface area contributed by atoms with E-state index in [1.807, 2.05) is 30.5 Å². The number of aryl methyl sites for hydroxylation is 1. The van der Waals surface area contributed by atoms with Crippen molar-refractivity contribution in [2.24, 2.45) is 0 Å². The molecule has 0 atom stereocenters. The number of nitrogens with one attached hydrogen (secondary N) is 1. The van der Waals surface area contributed by atoms with E-state index in [4.69, 9.17) is 0 Å². The SMILES string of the molecule is Cc1nc(-c2cccc(NC(=O)Cn3cnc([N+](=O)[O-])n3)c2)cs1. The van der Waals surface area contributed by atoms with Gasteiger partial charge in [0.25, 0.3) is 0 Å². The van der Waals surface area contributed by atoms with Crippen LogP contribution in [0.25, 0.3) is 11.3 Å². The zero-order valence-electron chi connectivity index (χ0n) is 12.5. The maximum Gasteiger partial charge on any atom is 0.490 e. The molecule has 0 bridgehead atoms. The lowest BCUT2D eigenvalue weighted by Crippen LogP contribution is -2.19. The molecule has 2 aromatic heterocycles. The van der Waals surface area contributed by atoms with Crippen LogP contribution in [0.15, 0.2) is 36.0 Å². The van der Waals surface area contributed by atoms with Gasteiger partial charge in [-0.05, 0) is 24.0 Å². The van der Waals surface area contributed by atoms with Crippen LogP contribution in [0.2, 0.25) is 0 Å². The van der Waals surface area contributed by atoms with E-state index >= 15 is 0 Å². The lowest BCUT2D eigenvalue weighted by Gasteiger charge is -2.05. The molecule has 0 unspecified atom stereocenters. The van der Waals surface area contributed by atoms with Gasteiger partial charge in [-0.1, -0.05) is 17.1 Å². The molecular weight excluding hydrogens is 332 g/mol. The van der Waals surface area contributed by atoms with Gasteiger partial charge >= 0.3 is 5.95 Å². The summed E-state index contributed by atoms with van der Waals surface area (Å²) < 4.78 is 1.11. The number of nitrogens with zero attached hydrogens (tertiary/aromatic N) is 5. The van der Waals surface area contributed by atoms with Gasteiger partial charge in [0, 0.05) is 21.7 Å². The van der Waals surface area contributed by atoms with Crippen molar-refractivity contribution < 1.29 is 9.72 Å². The lowest BCUT2D eigenvalue weighted by atomic mass is 10.1. The van der Waals surface area contributed by atoms with Crippen molar-refractivity contribution in [1.82, 2.24) is 19.7 Å². The fourth-order valence-electron chi connectivity index (χ4n) is 2.04. The standard InChI is InChI=1S/C14H12N6O3S/c1-9-16-12(7-24-9)10-3-2-4-11(5-10)17-13(21)6-19-8-15-14(18-19)20(22)23/h2-5,7-8H,6H2,1H3,(H,17,21). The Balaban J connectivity index is 1.69. The molecule has 10 heteroatoms. The van der Waals surface area contributed by atoms with E-state index in [0.29, 0.717) is 5.69 Å². The van der Waals surface area contributed by atoms with Gasteiger partial charge in [-0.25, -0.2) is 4.98 Å². The van der Waals surface area contributed by atoms with Crippen LogP contribution >= 0.6 is 11.3 Å². The highest BCUT2D eigenvalue weighted by molar-refractivity contribution is 7.09. The molecule has 2 heterocycles. The Kier molecular flexibility index (Phi) is 4.29. The van der Waals surface area contributed by atoms with Gasteiger partial charge < -0.3 is 15.4 Å². The molecule has 0 aliphatic heterocycles. The first-order chi connectivity index (χ1) is 11.5. The predicted octanol–water partition coefficient (Wildman–Crippen LogP) is 2.26. The zero-order valence-corrected chi connectivity index (χ0v) is 13.4. The van der Waals surface area contributed by atoms with E-state index in [9.17, 15) is 14.9 Å². The van der Waals surface area contributed by atoms with Crippen molar-refractivity contribution >= 4 is 28.9 Å². The summed E-state index contributed by atoms with van der Waals surface area (Å²) >= 11 is 1.55. The first-order valence-corrected chi connectivity index (χ1v) is 7.75. The number of hydrogen-bond donors (Lipinski definition) is 1. The van der Waals surface area contributed by atoms with Gasteiger partial charge in [-0.2, -0.15) is 4.68 Å². The Morgan fingerprint density at radius 1 is 1.46 bits per heavy atom. The lowest BCUT2D eigenvalue weighted by molar-refractivity contribution is -0.394. The summed E-state index contributed by atoms with van der Waals surface area (Å²) in [7, 11) is 0. The fourth-order valence-corrected chi connectivity index (χ4v) is 2.67. The predicted molar refractivity (Wildman–Crippen MR) is 87.6 cm³/mol. The summed E-state index contributed by atoms with van der Waals surface area (Å²) in [5.74, 6) is -0.898. The number of amides is 1. The zero-order chi connectivity index (χ0) is 17.1. The van der Waals surface area contributed by atoms with Crippen LogP contribution in [0.3, 0.4) is 0 Å². The van der Waals surface area contributed by atoms with Crippen molar-refractivity contribution in [2.45, 2.75) is 13.5 Å². The van der Waals surface area contributed by atoms with E-state index in [-0.39, 0.29) is 12.5 Å². The third-order valence-corrected chi connectivity index (χ3v) is 3.83. The smallest absolute Gasteiger partial charge is 0.390 e. The second-order valence-corrected chi connectivity index (χ2v) is 5.94. The molecule has 24 heavy (non-hydrogen) atoms. The summed E-state index contributed by atoms with van der Waals surface area (Å²) in [5, 5.41) is 19.8. The van der Waals surface area contributed by atoms with Gasteiger partial charge in [0.15, 0.2) is 0 Å². The highest BCUT2D eigenvalue weighted by atomic mass is 32.1. The van der Waals surface area contributed by atoms with Crippen molar-refractivity contribution in [1.29, 1.82) is 0 Å². The number of thiazole rings is 1. The van der Waals surface area contributed by atoms with Crippen molar-refractivity contribution in [3.63, 3.8) is 0 Å². The van der Waals surface area contributed by atoms with Gasteiger partial charge in [0.05, 0.1) is 10.7 Å². The third-order valence-electron chi connectivity index (χ3n) is 3.05. The molecule has 1 amide bonds. The average Bonchev–Trinajstić information content (AvgIpc) is 3.16. The van der Waals surface area contributed by atoms with E-state index in [1.165, 1.54) is 0 Å². The molecule has 0 spiro atoms. The highest BCUT2D eigenvalue weighted by Gasteiger charge is 2.15. The van der Waals surface area contributed by atoms with Gasteiger partial charge in [0.2, 0.25) is 12.2 Å². The van der Waals surface area contributed by atoms with Crippen LogP contribution in [0, 0.1) is 17.0 Å². The second kappa shape index (κ2) is 6.54. The molecule has 0 fully saturated rings.